The maximum absolute atomic E-state index is 12.1. The summed E-state index contributed by atoms with van der Waals surface area (Å²) in [6.45, 7) is 6.96. The highest BCUT2D eigenvalue weighted by molar-refractivity contribution is 9.10. The van der Waals surface area contributed by atoms with Crippen LogP contribution < -0.4 is 4.74 Å². The number of hydrogen-bond donors (Lipinski definition) is 0. The third kappa shape index (κ3) is 2.25. The molecule has 92 valence electrons. The van der Waals surface area contributed by atoms with Crippen molar-refractivity contribution >= 4 is 21.7 Å². The van der Waals surface area contributed by atoms with E-state index in [9.17, 15) is 4.79 Å². The van der Waals surface area contributed by atoms with Gasteiger partial charge in [-0.25, -0.2) is 0 Å². The van der Waals surface area contributed by atoms with Crippen LogP contribution in [0.5, 0.6) is 5.75 Å². The van der Waals surface area contributed by atoms with Crippen LogP contribution in [-0.4, -0.2) is 17.2 Å². The van der Waals surface area contributed by atoms with E-state index in [-0.39, 0.29) is 16.0 Å². The molecule has 1 aliphatic rings. The van der Waals surface area contributed by atoms with Gasteiger partial charge in [-0.05, 0) is 24.6 Å². The Morgan fingerprint density at radius 2 is 2.24 bits per heavy atom. The molecule has 0 amide bonds. The molecule has 0 bridgehead atoms. The first-order valence-electron chi connectivity index (χ1n) is 5.91. The van der Waals surface area contributed by atoms with Gasteiger partial charge in [0.1, 0.15) is 5.75 Å². The van der Waals surface area contributed by atoms with Gasteiger partial charge in [-0.3, -0.25) is 4.79 Å². The van der Waals surface area contributed by atoms with Crippen molar-refractivity contribution < 1.29 is 9.53 Å². The number of rotatable bonds is 3. The van der Waals surface area contributed by atoms with Crippen LogP contribution in [0.2, 0.25) is 0 Å². The fraction of sp³-hybridized carbons (Fsp3) is 0.500. The third-order valence-corrected chi connectivity index (χ3v) is 4.29. The van der Waals surface area contributed by atoms with Crippen LogP contribution in [0.4, 0.5) is 0 Å². The van der Waals surface area contributed by atoms with Gasteiger partial charge < -0.3 is 4.74 Å². The standard InChI is InChI=1S/C14H17BrO2/c1-4-11(15)13(16)9-5-6-12-10(7-9)14(2,3)8-17-12/h5-7,11H,4,8H2,1-3H3. The highest BCUT2D eigenvalue weighted by atomic mass is 79.9. The Morgan fingerprint density at radius 3 is 2.88 bits per heavy atom. The van der Waals surface area contributed by atoms with Gasteiger partial charge in [0, 0.05) is 16.5 Å². The van der Waals surface area contributed by atoms with Crippen LogP contribution in [0, 0.1) is 0 Å². The molecule has 1 aromatic carbocycles. The smallest absolute Gasteiger partial charge is 0.176 e. The summed E-state index contributed by atoms with van der Waals surface area (Å²) in [7, 11) is 0. The summed E-state index contributed by atoms with van der Waals surface area (Å²) in [5.41, 5.74) is 1.91. The molecular formula is C14H17BrO2. The predicted molar refractivity (Wildman–Crippen MR) is 72.3 cm³/mol. The molecule has 0 aliphatic carbocycles. The zero-order valence-electron chi connectivity index (χ0n) is 10.4. The summed E-state index contributed by atoms with van der Waals surface area (Å²) in [6, 6.07) is 5.74. The maximum Gasteiger partial charge on any atom is 0.176 e. The molecule has 2 nitrogen and oxygen atoms in total. The Hall–Kier alpha value is -0.830. The lowest BCUT2D eigenvalue weighted by Gasteiger charge is -2.16. The highest BCUT2D eigenvalue weighted by Gasteiger charge is 2.32. The van der Waals surface area contributed by atoms with Gasteiger partial charge >= 0.3 is 0 Å². The fourth-order valence-corrected chi connectivity index (χ4v) is 2.30. The van der Waals surface area contributed by atoms with Crippen molar-refractivity contribution in [3.8, 4) is 5.75 Å². The number of carbonyl (C=O) groups is 1. The third-order valence-electron chi connectivity index (χ3n) is 3.22. The van der Waals surface area contributed by atoms with Gasteiger partial charge in [0.15, 0.2) is 5.78 Å². The van der Waals surface area contributed by atoms with Gasteiger partial charge in [0.2, 0.25) is 0 Å². The molecule has 0 N–H and O–H groups in total. The van der Waals surface area contributed by atoms with E-state index in [1.54, 1.807) is 0 Å². The minimum absolute atomic E-state index is 0.000350. The Balaban J connectivity index is 2.37. The lowest BCUT2D eigenvalue weighted by atomic mass is 9.85. The van der Waals surface area contributed by atoms with Crippen LogP contribution in [-0.2, 0) is 5.41 Å². The SMILES string of the molecule is CCC(Br)C(=O)c1ccc2c(c1)C(C)(C)CO2. The molecule has 0 spiro atoms. The van der Waals surface area contributed by atoms with Gasteiger partial charge in [0.25, 0.3) is 0 Å². The zero-order chi connectivity index (χ0) is 12.6. The Morgan fingerprint density at radius 1 is 1.53 bits per heavy atom. The molecule has 0 fully saturated rings. The minimum atomic E-state index is -0.0917. The average molecular weight is 297 g/mol. The fourth-order valence-electron chi connectivity index (χ4n) is 2.04. The second-order valence-corrected chi connectivity index (χ2v) is 6.23. The number of benzene rings is 1. The first-order chi connectivity index (χ1) is 7.95. The van der Waals surface area contributed by atoms with Gasteiger partial charge in [-0.15, -0.1) is 0 Å². The summed E-state index contributed by atoms with van der Waals surface area (Å²) < 4.78 is 5.61. The van der Waals surface area contributed by atoms with E-state index in [2.05, 4.69) is 29.8 Å². The number of alkyl halides is 1. The minimum Gasteiger partial charge on any atom is -0.492 e. The van der Waals surface area contributed by atoms with Crippen molar-refractivity contribution in [1.82, 2.24) is 0 Å². The van der Waals surface area contributed by atoms with Crippen LogP contribution in [0.15, 0.2) is 18.2 Å². The maximum atomic E-state index is 12.1. The second-order valence-electron chi connectivity index (χ2n) is 5.12. The van der Waals surface area contributed by atoms with Crippen LogP contribution in [0.1, 0.15) is 43.1 Å². The van der Waals surface area contributed by atoms with Crippen molar-refractivity contribution in [1.29, 1.82) is 0 Å². The molecule has 2 rings (SSSR count). The highest BCUT2D eigenvalue weighted by Crippen LogP contribution is 2.39. The number of fused-ring (bicyclic) bond motifs is 1. The predicted octanol–water partition coefficient (Wildman–Crippen LogP) is 3.71. The molecule has 3 heteroatoms. The zero-order valence-corrected chi connectivity index (χ0v) is 12.0. The molecule has 0 saturated heterocycles. The van der Waals surface area contributed by atoms with E-state index >= 15 is 0 Å². The number of ketones is 1. The number of ether oxygens (including phenoxy) is 1. The molecule has 1 aliphatic heterocycles. The van der Waals surface area contributed by atoms with Gasteiger partial charge in [0.05, 0.1) is 11.4 Å². The lowest BCUT2D eigenvalue weighted by molar-refractivity contribution is 0.0990. The topological polar surface area (TPSA) is 26.3 Å². The van der Waals surface area contributed by atoms with E-state index in [1.165, 1.54) is 0 Å². The monoisotopic (exact) mass is 296 g/mol. The molecule has 0 aromatic heterocycles. The average Bonchev–Trinajstić information content (AvgIpc) is 2.63. The first kappa shape index (κ1) is 12.6. The number of halogens is 1. The number of carbonyl (C=O) groups excluding carboxylic acids is 1. The molecule has 0 saturated carbocycles. The lowest BCUT2D eigenvalue weighted by Crippen LogP contribution is -2.19. The summed E-state index contributed by atoms with van der Waals surface area (Å²) in [6.07, 6.45) is 0.801. The Labute approximate surface area is 110 Å². The normalized spacial score (nSPS) is 18.4. The van der Waals surface area contributed by atoms with Crippen LogP contribution in [0.25, 0.3) is 0 Å². The molecule has 0 radical (unpaired) electrons. The molecule has 17 heavy (non-hydrogen) atoms. The van der Waals surface area contributed by atoms with Crippen LogP contribution in [0.3, 0.4) is 0 Å². The molecule has 1 heterocycles. The molecular weight excluding hydrogens is 280 g/mol. The summed E-state index contributed by atoms with van der Waals surface area (Å²) in [4.78, 5) is 12.0. The largest absolute Gasteiger partial charge is 0.492 e. The Kier molecular flexibility index (Phi) is 3.30. The van der Waals surface area contributed by atoms with Crippen molar-refractivity contribution in [2.24, 2.45) is 0 Å². The van der Waals surface area contributed by atoms with Crippen LogP contribution >= 0.6 is 15.9 Å². The van der Waals surface area contributed by atoms with E-state index in [0.717, 1.165) is 23.3 Å². The summed E-state index contributed by atoms with van der Waals surface area (Å²) >= 11 is 3.41. The first-order valence-corrected chi connectivity index (χ1v) is 6.83. The summed E-state index contributed by atoms with van der Waals surface area (Å²) in [5.74, 6) is 1.06. The van der Waals surface area contributed by atoms with E-state index in [0.29, 0.717) is 6.61 Å². The molecule has 1 atom stereocenters. The van der Waals surface area contributed by atoms with Gasteiger partial charge in [-0.2, -0.15) is 0 Å². The van der Waals surface area contributed by atoms with E-state index in [1.807, 2.05) is 25.1 Å². The van der Waals surface area contributed by atoms with E-state index in [4.69, 9.17) is 4.74 Å². The molecule has 1 unspecified atom stereocenters. The van der Waals surface area contributed by atoms with E-state index < -0.39 is 0 Å². The van der Waals surface area contributed by atoms with Crippen molar-refractivity contribution in [3.63, 3.8) is 0 Å². The Bertz CT molecular complexity index is 452. The second kappa shape index (κ2) is 4.45. The van der Waals surface area contributed by atoms with Crippen molar-refractivity contribution in [2.75, 3.05) is 6.61 Å². The number of hydrogen-bond acceptors (Lipinski definition) is 2. The quantitative estimate of drug-likeness (QED) is 0.628. The van der Waals surface area contributed by atoms with Crippen molar-refractivity contribution in [2.45, 2.75) is 37.4 Å². The summed E-state index contributed by atoms with van der Waals surface area (Å²) in [5, 5.41) is 0. The van der Waals surface area contributed by atoms with Gasteiger partial charge in [-0.1, -0.05) is 36.7 Å². The van der Waals surface area contributed by atoms with Crippen molar-refractivity contribution in [3.05, 3.63) is 29.3 Å². The number of Topliss-reactive ketones (excluding diaryl/α,β-unsaturated/α-hetero) is 1. The molecule has 1 aromatic rings.